The maximum absolute atomic E-state index is 13.0. The topological polar surface area (TPSA) is 67.4 Å². The molecule has 5 nitrogen and oxygen atoms in total. The SMILES string of the molecule is CCOc1ccccc1NC(=O)C(NC(=O)c1ccc(F)cc1)C(C)C. The van der Waals surface area contributed by atoms with E-state index in [2.05, 4.69) is 10.6 Å². The summed E-state index contributed by atoms with van der Waals surface area (Å²) in [5.41, 5.74) is 0.834. The van der Waals surface area contributed by atoms with Gasteiger partial charge in [0.15, 0.2) is 0 Å². The lowest BCUT2D eigenvalue weighted by atomic mass is 10.0. The summed E-state index contributed by atoms with van der Waals surface area (Å²) in [4.78, 5) is 25.0. The van der Waals surface area contributed by atoms with E-state index in [1.54, 1.807) is 18.2 Å². The molecule has 2 amide bonds. The van der Waals surface area contributed by atoms with Crippen LogP contribution in [-0.4, -0.2) is 24.5 Å². The minimum atomic E-state index is -0.748. The summed E-state index contributed by atoms with van der Waals surface area (Å²) in [6, 6.07) is 11.5. The van der Waals surface area contributed by atoms with Crippen molar-refractivity contribution in [2.45, 2.75) is 26.8 Å². The smallest absolute Gasteiger partial charge is 0.251 e. The minimum Gasteiger partial charge on any atom is -0.492 e. The summed E-state index contributed by atoms with van der Waals surface area (Å²) in [5.74, 6) is -0.777. The molecule has 1 atom stereocenters. The lowest BCUT2D eigenvalue weighted by molar-refractivity contribution is -0.118. The number of carbonyl (C=O) groups is 2. The number of benzene rings is 2. The van der Waals surface area contributed by atoms with Gasteiger partial charge in [0.2, 0.25) is 5.91 Å². The van der Waals surface area contributed by atoms with E-state index in [0.29, 0.717) is 23.6 Å². The van der Waals surface area contributed by atoms with Gasteiger partial charge >= 0.3 is 0 Å². The molecular weight excluding hydrogens is 335 g/mol. The second-order valence-corrected chi connectivity index (χ2v) is 6.12. The van der Waals surface area contributed by atoms with E-state index in [9.17, 15) is 14.0 Å². The first-order valence-electron chi connectivity index (χ1n) is 8.51. The summed E-state index contributed by atoms with van der Waals surface area (Å²) in [5, 5.41) is 5.51. The first-order valence-corrected chi connectivity index (χ1v) is 8.51. The van der Waals surface area contributed by atoms with Gasteiger partial charge in [-0.3, -0.25) is 9.59 Å². The second kappa shape index (κ2) is 8.99. The Morgan fingerprint density at radius 3 is 2.35 bits per heavy atom. The van der Waals surface area contributed by atoms with Gasteiger partial charge in [-0.05, 0) is 49.2 Å². The van der Waals surface area contributed by atoms with E-state index >= 15 is 0 Å². The first-order chi connectivity index (χ1) is 12.4. The molecule has 2 aromatic carbocycles. The zero-order valence-corrected chi connectivity index (χ0v) is 15.1. The average molecular weight is 358 g/mol. The number of anilines is 1. The van der Waals surface area contributed by atoms with Gasteiger partial charge in [-0.1, -0.05) is 26.0 Å². The van der Waals surface area contributed by atoms with Gasteiger partial charge in [0.1, 0.15) is 17.6 Å². The van der Waals surface area contributed by atoms with Gasteiger partial charge in [-0.25, -0.2) is 4.39 Å². The molecule has 1 unspecified atom stereocenters. The second-order valence-electron chi connectivity index (χ2n) is 6.12. The van der Waals surface area contributed by atoms with Crippen molar-refractivity contribution in [2.75, 3.05) is 11.9 Å². The third-order valence-corrected chi connectivity index (χ3v) is 3.79. The fourth-order valence-corrected chi connectivity index (χ4v) is 2.42. The van der Waals surface area contributed by atoms with Gasteiger partial charge in [0.25, 0.3) is 5.91 Å². The van der Waals surface area contributed by atoms with Crippen molar-refractivity contribution in [3.63, 3.8) is 0 Å². The Hall–Kier alpha value is -2.89. The van der Waals surface area contributed by atoms with Crippen LogP contribution in [-0.2, 0) is 4.79 Å². The molecule has 138 valence electrons. The summed E-state index contributed by atoms with van der Waals surface area (Å²) < 4.78 is 18.5. The number of hydrogen-bond acceptors (Lipinski definition) is 3. The molecule has 2 aromatic rings. The Morgan fingerprint density at radius 1 is 1.08 bits per heavy atom. The largest absolute Gasteiger partial charge is 0.492 e. The van der Waals surface area contributed by atoms with Crippen molar-refractivity contribution in [1.29, 1.82) is 0 Å². The van der Waals surface area contributed by atoms with Crippen LogP contribution >= 0.6 is 0 Å². The highest BCUT2D eigenvalue weighted by Gasteiger charge is 2.25. The summed E-state index contributed by atoms with van der Waals surface area (Å²) in [6.45, 7) is 6.01. The molecule has 0 saturated heterocycles. The molecule has 0 radical (unpaired) electrons. The molecule has 0 aliphatic carbocycles. The first kappa shape index (κ1) is 19.4. The highest BCUT2D eigenvalue weighted by atomic mass is 19.1. The van der Waals surface area contributed by atoms with Crippen molar-refractivity contribution in [2.24, 2.45) is 5.92 Å². The van der Waals surface area contributed by atoms with E-state index in [1.807, 2.05) is 26.8 Å². The van der Waals surface area contributed by atoms with E-state index in [0.717, 1.165) is 0 Å². The standard InChI is InChI=1S/C20H23FN2O3/c1-4-26-17-8-6-5-7-16(17)22-20(25)18(13(2)3)23-19(24)14-9-11-15(21)12-10-14/h5-13,18H,4H2,1-3H3,(H,22,25)(H,23,24). The van der Waals surface area contributed by atoms with Gasteiger partial charge in [-0.2, -0.15) is 0 Å². The van der Waals surface area contributed by atoms with Crippen LogP contribution in [0.1, 0.15) is 31.1 Å². The third-order valence-electron chi connectivity index (χ3n) is 3.79. The molecule has 0 saturated carbocycles. The van der Waals surface area contributed by atoms with E-state index < -0.39 is 17.8 Å². The van der Waals surface area contributed by atoms with Crippen LogP contribution in [0, 0.1) is 11.7 Å². The molecular formula is C20H23FN2O3. The Morgan fingerprint density at radius 2 is 1.73 bits per heavy atom. The van der Waals surface area contributed by atoms with Crippen LogP contribution < -0.4 is 15.4 Å². The average Bonchev–Trinajstić information content (AvgIpc) is 2.61. The number of amides is 2. The molecule has 0 spiro atoms. The van der Waals surface area contributed by atoms with Crippen molar-refractivity contribution in [1.82, 2.24) is 5.32 Å². The van der Waals surface area contributed by atoms with Crippen LogP contribution in [0.3, 0.4) is 0 Å². The molecule has 0 heterocycles. The van der Waals surface area contributed by atoms with E-state index in [4.69, 9.17) is 4.74 Å². The maximum atomic E-state index is 13.0. The Labute approximate surface area is 152 Å². The Balaban J connectivity index is 2.12. The minimum absolute atomic E-state index is 0.140. The maximum Gasteiger partial charge on any atom is 0.251 e. The van der Waals surface area contributed by atoms with Crippen LogP contribution in [0.25, 0.3) is 0 Å². The number of rotatable bonds is 7. The Bertz CT molecular complexity index is 760. The number of ether oxygens (including phenoxy) is 1. The molecule has 0 aliphatic heterocycles. The molecule has 6 heteroatoms. The van der Waals surface area contributed by atoms with Crippen LogP contribution in [0.4, 0.5) is 10.1 Å². The van der Waals surface area contributed by atoms with Crippen molar-refractivity contribution >= 4 is 17.5 Å². The number of para-hydroxylation sites is 2. The summed E-state index contributed by atoms with van der Waals surface area (Å²) >= 11 is 0. The number of carbonyl (C=O) groups excluding carboxylic acids is 2. The fourth-order valence-electron chi connectivity index (χ4n) is 2.42. The predicted molar refractivity (Wildman–Crippen MR) is 98.7 cm³/mol. The molecule has 0 aromatic heterocycles. The number of nitrogens with one attached hydrogen (secondary N) is 2. The fraction of sp³-hybridized carbons (Fsp3) is 0.300. The normalized spacial score (nSPS) is 11.7. The summed E-state index contributed by atoms with van der Waals surface area (Å²) in [6.07, 6.45) is 0. The third kappa shape index (κ3) is 5.05. The summed E-state index contributed by atoms with van der Waals surface area (Å²) in [7, 11) is 0. The van der Waals surface area contributed by atoms with Gasteiger partial charge < -0.3 is 15.4 Å². The molecule has 2 N–H and O–H groups in total. The molecule has 0 bridgehead atoms. The highest BCUT2D eigenvalue weighted by molar-refractivity contribution is 6.01. The van der Waals surface area contributed by atoms with Gasteiger partial charge in [-0.15, -0.1) is 0 Å². The van der Waals surface area contributed by atoms with Crippen LogP contribution in [0.15, 0.2) is 48.5 Å². The predicted octanol–water partition coefficient (Wildman–Crippen LogP) is 3.62. The lowest BCUT2D eigenvalue weighted by Gasteiger charge is -2.22. The number of halogens is 1. The molecule has 2 rings (SSSR count). The zero-order chi connectivity index (χ0) is 19.1. The lowest BCUT2D eigenvalue weighted by Crippen LogP contribution is -2.47. The highest BCUT2D eigenvalue weighted by Crippen LogP contribution is 2.24. The quantitative estimate of drug-likeness (QED) is 0.794. The molecule has 0 fully saturated rings. The Kier molecular flexibility index (Phi) is 6.72. The molecule has 0 aliphatic rings. The zero-order valence-electron chi connectivity index (χ0n) is 15.1. The van der Waals surface area contributed by atoms with Crippen molar-refractivity contribution in [3.8, 4) is 5.75 Å². The van der Waals surface area contributed by atoms with E-state index in [-0.39, 0.29) is 11.8 Å². The van der Waals surface area contributed by atoms with E-state index in [1.165, 1.54) is 24.3 Å². The van der Waals surface area contributed by atoms with Crippen molar-refractivity contribution in [3.05, 3.63) is 59.9 Å². The number of hydrogen-bond donors (Lipinski definition) is 2. The van der Waals surface area contributed by atoms with Crippen molar-refractivity contribution < 1.29 is 18.7 Å². The van der Waals surface area contributed by atoms with Crippen LogP contribution in [0.2, 0.25) is 0 Å². The van der Waals surface area contributed by atoms with Gasteiger partial charge in [0.05, 0.1) is 12.3 Å². The van der Waals surface area contributed by atoms with Crippen LogP contribution in [0.5, 0.6) is 5.75 Å². The molecule has 26 heavy (non-hydrogen) atoms. The monoisotopic (exact) mass is 358 g/mol. The van der Waals surface area contributed by atoms with Gasteiger partial charge in [0, 0.05) is 5.56 Å².